The third kappa shape index (κ3) is 2.63. The summed E-state index contributed by atoms with van der Waals surface area (Å²) in [5, 5.41) is 12.3. The first-order chi connectivity index (χ1) is 6.93. The predicted molar refractivity (Wildman–Crippen MR) is 60.6 cm³/mol. The predicted octanol–water partition coefficient (Wildman–Crippen LogP) is 1.95. The Morgan fingerprint density at radius 1 is 1.60 bits per heavy atom. The van der Waals surface area contributed by atoms with Crippen LogP contribution >= 0.6 is 15.9 Å². The molecule has 0 aromatic carbocycles. The van der Waals surface area contributed by atoms with Gasteiger partial charge in [0.15, 0.2) is 5.82 Å². The molecule has 6 nitrogen and oxygen atoms in total. The Morgan fingerprint density at radius 2 is 2.20 bits per heavy atom. The Kier molecular flexibility index (Phi) is 3.59. The molecule has 0 spiro atoms. The van der Waals surface area contributed by atoms with Crippen molar-refractivity contribution in [3.63, 3.8) is 0 Å². The molecule has 1 N–H and O–H groups in total. The van der Waals surface area contributed by atoms with Crippen molar-refractivity contribution in [3.8, 4) is 0 Å². The fourth-order valence-electron chi connectivity index (χ4n) is 1.04. The summed E-state index contributed by atoms with van der Waals surface area (Å²) in [5.74, 6) is 0.558. The summed E-state index contributed by atoms with van der Waals surface area (Å²) in [6.45, 7) is 1.67. The van der Waals surface area contributed by atoms with Gasteiger partial charge in [0.25, 0.3) is 5.69 Å². The summed E-state index contributed by atoms with van der Waals surface area (Å²) in [6.07, 6.45) is 1.24. The lowest BCUT2D eigenvalue weighted by molar-refractivity contribution is -0.385. The molecule has 0 bridgehead atoms. The molecule has 0 saturated heterocycles. The molecule has 0 aliphatic heterocycles. The maximum atomic E-state index is 10.6. The van der Waals surface area contributed by atoms with Gasteiger partial charge in [-0.2, -0.15) is 0 Å². The monoisotopic (exact) mass is 274 g/mol. The topological polar surface area (TPSA) is 71.3 Å². The second-order valence-electron chi connectivity index (χ2n) is 3.19. The van der Waals surface area contributed by atoms with Gasteiger partial charge >= 0.3 is 0 Å². The molecule has 1 heterocycles. The zero-order valence-electron chi connectivity index (χ0n) is 8.61. The number of hydrogen-bond donors (Lipinski definition) is 1. The molecule has 0 atom stereocenters. The van der Waals surface area contributed by atoms with Crippen LogP contribution in [0.3, 0.4) is 0 Å². The van der Waals surface area contributed by atoms with Crippen LogP contribution in [-0.2, 0) is 0 Å². The average Bonchev–Trinajstić information content (AvgIpc) is 2.12. The molecular weight excluding hydrogens is 264 g/mol. The maximum absolute atomic E-state index is 10.6. The Morgan fingerprint density at radius 3 is 2.67 bits per heavy atom. The van der Waals surface area contributed by atoms with Crippen LogP contribution in [0.2, 0.25) is 0 Å². The number of hydrogen-bond acceptors (Lipinski definition) is 5. The highest BCUT2D eigenvalue weighted by atomic mass is 79.9. The SMILES string of the molecule is Cc1c([N+](=O)[O-])cnc(NN(C)C)c1Br. The molecule has 0 saturated carbocycles. The Hall–Kier alpha value is -1.21. The number of halogens is 1. The summed E-state index contributed by atoms with van der Waals surface area (Å²) in [4.78, 5) is 14.1. The van der Waals surface area contributed by atoms with E-state index in [-0.39, 0.29) is 5.69 Å². The van der Waals surface area contributed by atoms with Crippen molar-refractivity contribution in [1.29, 1.82) is 0 Å². The van der Waals surface area contributed by atoms with Gasteiger partial charge in [0, 0.05) is 19.7 Å². The van der Waals surface area contributed by atoms with Crippen LogP contribution < -0.4 is 5.43 Å². The van der Waals surface area contributed by atoms with Crippen molar-refractivity contribution in [3.05, 3.63) is 26.3 Å². The van der Waals surface area contributed by atoms with Gasteiger partial charge in [0.1, 0.15) is 6.20 Å². The lowest BCUT2D eigenvalue weighted by Crippen LogP contribution is -2.21. The second-order valence-corrected chi connectivity index (χ2v) is 3.99. The molecule has 0 aliphatic carbocycles. The van der Waals surface area contributed by atoms with Gasteiger partial charge in [0.05, 0.1) is 9.40 Å². The van der Waals surface area contributed by atoms with Crippen molar-refractivity contribution >= 4 is 27.4 Å². The summed E-state index contributed by atoms with van der Waals surface area (Å²) in [7, 11) is 3.62. The standard InChI is InChI=1S/C8H11BrN4O2/c1-5-6(13(14)15)4-10-8(7(5)9)11-12(2)3/h4H,1-3H3,(H,10,11). The van der Waals surface area contributed by atoms with E-state index < -0.39 is 4.92 Å². The Bertz CT molecular complexity index is 394. The highest BCUT2D eigenvalue weighted by Crippen LogP contribution is 2.30. The largest absolute Gasteiger partial charge is 0.303 e. The number of hydrazine groups is 1. The first kappa shape index (κ1) is 11.9. The minimum absolute atomic E-state index is 0.00572. The number of pyridine rings is 1. The lowest BCUT2D eigenvalue weighted by Gasteiger charge is -2.14. The van der Waals surface area contributed by atoms with E-state index >= 15 is 0 Å². The van der Waals surface area contributed by atoms with E-state index in [4.69, 9.17) is 0 Å². The maximum Gasteiger partial charge on any atom is 0.291 e. The number of aromatic nitrogens is 1. The number of nitrogens with one attached hydrogen (secondary N) is 1. The van der Waals surface area contributed by atoms with E-state index in [1.807, 2.05) is 14.1 Å². The lowest BCUT2D eigenvalue weighted by atomic mass is 10.2. The zero-order chi connectivity index (χ0) is 11.6. The molecular formula is C8H11BrN4O2. The van der Waals surface area contributed by atoms with Crippen molar-refractivity contribution in [2.75, 3.05) is 19.5 Å². The molecule has 7 heteroatoms. The molecule has 0 aliphatic rings. The van der Waals surface area contributed by atoms with E-state index in [2.05, 4.69) is 26.3 Å². The van der Waals surface area contributed by atoms with E-state index in [1.54, 1.807) is 11.9 Å². The minimum Gasteiger partial charge on any atom is -0.303 e. The summed E-state index contributed by atoms with van der Waals surface area (Å²) >= 11 is 3.27. The number of nitrogens with zero attached hydrogens (tertiary/aromatic N) is 3. The highest BCUT2D eigenvalue weighted by molar-refractivity contribution is 9.10. The van der Waals surface area contributed by atoms with Crippen molar-refractivity contribution < 1.29 is 4.92 Å². The third-order valence-corrected chi connectivity index (χ3v) is 2.73. The fraction of sp³-hybridized carbons (Fsp3) is 0.375. The normalized spacial score (nSPS) is 10.5. The molecule has 1 aromatic rings. The molecule has 0 fully saturated rings. The van der Waals surface area contributed by atoms with Gasteiger partial charge in [-0.25, -0.2) is 9.99 Å². The van der Waals surface area contributed by atoms with Gasteiger partial charge in [-0.1, -0.05) is 0 Å². The summed E-state index contributed by atoms with van der Waals surface area (Å²) < 4.78 is 0.602. The summed E-state index contributed by atoms with van der Waals surface area (Å²) in [6, 6.07) is 0. The van der Waals surface area contributed by atoms with E-state index in [0.717, 1.165) is 0 Å². The Balaban J connectivity index is 3.15. The molecule has 82 valence electrons. The van der Waals surface area contributed by atoms with Crippen LogP contribution in [0.15, 0.2) is 10.7 Å². The average molecular weight is 275 g/mol. The van der Waals surface area contributed by atoms with Gasteiger partial charge in [-0.05, 0) is 22.9 Å². The van der Waals surface area contributed by atoms with Crippen LogP contribution in [0.25, 0.3) is 0 Å². The van der Waals surface area contributed by atoms with Crippen molar-refractivity contribution in [1.82, 2.24) is 9.99 Å². The van der Waals surface area contributed by atoms with Crippen LogP contribution in [-0.4, -0.2) is 29.0 Å². The number of nitro groups is 1. The van der Waals surface area contributed by atoms with Crippen molar-refractivity contribution in [2.45, 2.75) is 6.92 Å². The molecule has 0 radical (unpaired) electrons. The van der Waals surface area contributed by atoms with Crippen LogP contribution in [0.1, 0.15) is 5.56 Å². The van der Waals surface area contributed by atoms with Gasteiger partial charge in [-0.15, -0.1) is 0 Å². The number of rotatable bonds is 3. The van der Waals surface area contributed by atoms with E-state index in [9.17, 15) is 10.1 Å². The molecule has 0 unspecified atom stereocenters. The van der Waals surface area contributed by atoms with Crippen LogP contribution in [0.4, 0.5) is 11.5 Å². The van der Waals surface area contributed by atoms with Crippen LogP contribution in [0.5, 0.6) is 0 Å². The fourth-order valence-corrected chi connectivity index (χ4v) is 1.44. The molecule has 1 aromatic heterocycles. The number of anilines is 1. The first-order valence-electron chi connectivity index (χ1n) is 4.17. The first-order valence-corrected chi connectivity index (χ1v) is 4.96. The van der Waals surface area contributed by atoms with Gasteiger partial charge in [0.2, 0.25) is 0 Å². The van der Waals surface area contributed by atoms with E-state index in [0.29, 0.717) is 15.9 Å². The second kappa shape index (κ2) is 4.54. The highest BCUT2D eigenvalue weighted by Gasteiger charge is 2.17. The van der Waals surface area contributed by atoms with Gasteiger partial charge in [-0.3, -0.25) is 10.1 Å². The molecule has 15 heavy (non-hydrogen) atoms. The Labute approximate surface area is 95.5 Å². The minimum atomic E-state index is -0.452. The van der Waals surface area contributed by atoms with E-state index in [1.165, 1.54) is 6.20 Å². The zero-order valence-corrected chi connectivity index (χ0v) is 10.2. The van der Waals surface area contributed by atoms with Crippen molar-refractivity contribution in [2.24, 2.45) is 0 Å². The smallest absolute Gasteiger partial charge is 0.291 e. The quantitative estimate of drug-likeness (QED) is 0.674. The molecule has 0 amide bonds. The van der Waals surface area contributed by atoms with Gasteiger partial charge < -0.3 is 5.43 Å². The van der Waals surface area contributed by atoms with Crippen LogP contribution in [0, 0.1) is 17.0 Å². The third-order valence-electron chi connectivity index (χ3n) is 1.76. The summed E-state index contributed by atoms with van der Waals surface area (Å²) in [5.41, 5.74) is 3.49. The molecule has 1 rings (SSSR count).